The molecule has 1 aromatic heterocycles. The maximum absolute atomic E-state index is 9.56. The summed E-state index contributed by atoms with van der Waals surface area (Å²) in [5, 5.41) is 13.6. The molecular formula is C9H16N2O. The average Bonchev–Trinajstić information content (AvgIpc) is 2.43. The van der Waals surface area contributed by atoms with Gasteiger partial charge in [-0.1, -0.05) is 20.3 Å². The summed E-state index contributed by atoms with van der Waals surface area (Å²) in [6.45, 7) is 4.96. The van der Waals surface area contributed by atoms with Crippen LogP contribution in [0.1, 0.15) is 32.3 Å². The molecule has 0 saturated carbocycles. The smallest absolute Gasteiger partial charge is 0.212 e. The molecule has 1 aromatic rings. The lowest BCUT2D eigenvalue weighted by atomic mass is 10.3. The molecule has 0 aliphatic rings. The van der Waals surface area contributed by atoms with Crippen LogP contribution in [0.25, 0.3) is 0 Å². The van der Waals surface area contributed by atoms with Crippen molar-refractivity contribution < 1.29 is 5.11 Å². The fraction of sp³-hybridized carbons (Fsp3) is 0.667. The molecule has 0 bridgehead atoms. The third kappa shape index (κ3) is 1.78. The van der Waals surface area contributed by atoms with E-state index in [4.69, 9.17) is 0 Å². The molecule has 0 aliphatic carbocycles. The van der Waals surface area contributed by atoms with Crippen LogP contribution in [0.4, 0.5) is 0 Å². The van der Waals surface area contributed by atoms with Gasteiger partial charge in [-0.25, -0.2) is 4.68 Å². The van der Waals surface area contributed by atoms with Gasteiger partial charge in [-0.3, -0.25) is 0 Å². The highest BCUT2D eigenvalue weighted by atomic mass is 16.3. The highest BCUT2D eigenvalue weighted by Gasteiger charge is 2.05. The normalized spacial score (nSPS) is 10.5. The van der Waals surface area contributed by atoms with Gasteiger partial charge in [-0.05, 0) is 12.8 Å². The van der Waals surface area contributed by atoms with Gasteiger partial charge in [-0.2, -0.15) is 5.10 Å². The molecule has 0 spiro atoms. The summed E-state index contributed by atoms with van der Waals surface area (Å²) >= 11 is 0. The molecule has 0 unspecified atom stereocenters. The first-order valence-corrected chi connectivity index (χ1v) is 4.53. The summed E-state index contributed by atoms with van der Waals surface area (Å²) in [7, 11) is 0. The van der Waals surface area contributed by atoms with Crippen LogP contribution in [0.15, 0.2) is 6.20 Å². The summed E-state index contributed by atoms with van der Waals surface area (Å²) in [5.74, 6) is 0.339. The van der Waals surface area contributed by atoms with Crippen LogP contribution in [0.3, 0.4) is 0 Å². The van der Waals surface area contributed by atoms with Gasteiger partial charge in [0.25, 0.3) is 0 Å². The van der Waals surface area contributed by atoms with E-state index in [1.165, 1.54) is 0 Å². The zero-order valence-corrected chi connectivity index (χ0v) is 7.75. The van der Waals surface area contributed by atoms with Crippen LogP contribution in [0, 0.1) is 0 Å². The third-order valence-electron chi connectivity index (χ3n) is 1.99. The van der Waals surface area contributed by atoms with E-state index >= 15 is 0 Å². The molecule has 0 aliphatic heterocycles. The number of hydrogen-bond acceptors (Lipinski definition) is 2. The van der Waals surface area contributed by atoms with E-state index in [2.05, 4.69) is 12.0 Å². The predicted molar refractivity (Wildman–Crippen MR) is 48.2 cm³/mol. The maximum atomic E-state index is 9.56. The largest absolute Gasteiger partial charge is 0.493 e. The van der Waals surface area contributed by atoms with E-state index in [0.29, 0.717) is 5.88 Å². The van der Waals surface area contributed by atoms with E-state index in [0.717, 1.165) is 31.4 Å². The van der Waals surface area contributed by atoms with Gasteiger partial charge < -0.3 is 5.11 Å². The molecule has 1 N–H and O–H groups in total. The summed E-state index contributed by atoms with van der Waals surface area (Å²) < 4.78 is 1.67. The summed E-state index contributed by atoms with van der Waals surface area (Å²) in [6.07, 6.45) is 4.78. The quantitative estimate of drug-likeness (QED) is 0.746. The van der Waals surface area contributed by atoms with Gasteiger partial charge in [-0.15, -0.1) is 0 Å². The molecule has 0 aromatic carbocycles. The Morgan fingerprint density at radius 3 is 2.75 bits per heavy atom. The number of unbranched alkanes of at least 4 members (excludes halogenated alkanes) is 1. The van der Waals surface area contributed by atoms with E-state index in [9.17, 15) is 5.11 Å². The van der Waals surface area contributed by atoms with Gasteiger partial charge >= 0.3 is 0 Å². The van der Waals surface area contributed by atoms with Crippen LogP contribution in [0.2, 0.25) is 0 Å². The SMILES string of the molecule is CCCCn1ncc(CC)c1O. The number of rotatable bonds is 4. The summed E-state index contributed by atoms with van der Waals surface area (Å²) in [4.78, 5) is 0. The maximum Gasteiger partial charge on any atom is 0.212 e. The highest BCUT2D eigenvalue weighted by molar-refractivity contribution is 5.22. The molecule has 12 heavy (non-hydrogen) atoms. The van der Waals surface area contributed by atoms with Crippen LogP contribution < -0.4 is 0 Å². The molecule has 68 valence electrons. The lowest BCUT2D eigenvalue weighted by molar-refractivity contribution is 0.389. The second-order valence-electron chi connectivity index (χ2n) is 2.92. The summed E-state index contributed by atoms with van der Waals surface area (Å²) in [6, 6.07) is 0. The molecule has 0 saturated heterocycles. The fourth-order valence-corrected chi connectivity index (χ4v) is 1.14. The molecule has 3 heteroatoms. The van der Waals surface area contributed by atoms with Gasteiger partial charge in [0.15, 0.2) is 0 Å². The third-order valence-corrected chi connectivity index (χ3v) is 1.99. The number of aromatic nitrogens is 2. The predicted octanol–water partition coefficient (Wildman–Crippen LogP) is 1.95. The minimum Gasteiger partial charge on any atom is -0.493 e. The Morgan fingerprint density at radius 2 is 2.25 bits per heavy atom. The van der Waals surface area contributed by atoms with Gasteiger partial charge in [0.1, 0.15) is 0 Å². The number of aryl methyl sites for hydroxylation is 2. The van der Waals surface area contributed by atoms with E-state index in [1.807, 2.05) is 6.92 Å². The first-order chi connectivity index (χ1) is 5.79. The molecule has 3 nitrogen and oxygen atoms in total. The number of hydrogen-bond donors (Lipinski definition) is 1. The highest BCUT2D eigenvalue weighted by Crippen LogP contribution is 2.16. The van der Waals surface area contributed by atoms with Crippen molar-refractivity contribution in [2.45, 2.75) is 39.7 Å². The zero-order valence-electron chi connectivity index (χ0n) is 7.75. The van der Waals surface area contributed by atoms with Crippen molar-refractivity contribution in [1.29, 1.82) is 0 Å². The molecule has 1 rings (SSSR count). The Kier molecular flexibility index (Phi) is 3.14. The van der Waals surface area contributed by atoms with E-state index in [-0.39, 0.29) is 0 Å². The van der Waals surface area contributed by atoms with Crippen LogP contribution in [0.5, 0.6) is 5.88 Å². The first kappa shape index (κ1) is 9.10. The van der Waals surface area contributed by atoms with Crippen LogP contribution in [-0.4, -0.2) is 14.9 Å². The minimum absolute atomic E-state index is 0.339. The second-order valence-corrected chi connectivity index (χ2v) is 2.92. The van der Waals surface area contributed by atoms with Gasteiger partial charge in [0.05, 0.1) is 6.20 Å². The van der Waals surface area contributed by atoms with Crippen molar-refractivity contribution in [1.82, 2.24) is 9.78 Å². The molecule has 0 amide bonds. The van der Waals surface area contributed by atoms with E-state index in [1.54, 1.807) is 10.9 Å². The second kappa shape index (κ2) is 4.14. The Balaban J connectivity index is 2.66. The molecule has 1 heterocycles. The lowest BCUT2D eigenvalue weighted by Gasteiger charge is -2.01. The lowest BCUT2D eigenvalue weighted by Crippen LogP contribution is -1.98. The van der Waals surface area contributed by atoms with Crippen molar-refractivity contribution in [3.05, 3.63) is 11.8 Å². The first-order valence-electron chi connectivity index (χ1n) is 4.53. The van der Waals surface area contributed by atoms with Crippen molar-refractivity contribution in [3.63, 3.8) is 0 Å². The van der Waals surface area contributed by atoms with Crippen LogP contribution in [-0.2, 0) is 13.0 Å². The Morgan fingerprint density at radius 1 is 1.50 bits per heavy atom. The zero-order chi connectivity index (χ0) is 8.97. The minimum atomic E-state index is 0.339. The Bertz CT molecular complexity index is 243. The number of nitrogens with zero attached hydrogens (tertiary/aromatic N) is 2. The van der Waals surface area contributed by atoms with E-state index < -0.39 is 0 Å². The van der Waals surface area contributed by atoms with Gasteiger partial charge in [0.2, 0.25) is 5.88 Å². The van der Waals surface area contributed by atoms with Crippen molar-refractivity contribution in [2.24, 2.45) is 0 Å². The van der Waals surface area contributed by atoms with Crippen LogP contribution >= 0.6 is 0 Å². The van der Waals surface area contributed by atoms with Crippen molar-refractivity contribution in [2.75, 3.05) is 0 Å². The van der Waals surface area contributed by atoms with Crippen molar-refractivity contribution in [3.8, 4) is 5.88 Å². The Labute approximate surface area is 73.0 Å². The average molecular weight is 168 g/mol. The topological polar surface area (TPSA) is 38.0 Å². The monoisotopic (exact) mass is 168 g/mol. The molecule has 0 fully saturated rings. The molecule has 0 atom stereocenters. The molecule has 0 radical (unpaired) electrons. The Hall–Kier alpha value is -0.990. The fourth-order valence-electron chi connectivity index (χ4n) is 1.14. The summed E-state index contributed by atoms with van der Waals surface area (Å²) in [5.41, 5.74) is 0.936. The molecular weight excluding hydrogens is 152 g/mol. The van der Waals surface area contributed by atoms with Crippen molar-refractivity contribution >= 4 is 0 Å². The number of aromatic hydroxyl groups is 1. The van der Waals surface area contributed by atoms with Gasteiger partial charge in [0, 0.05) is 12.1 Å². The standard InChI is InChI=1S/C9H16N2O/c1-3-5-6-11-9(12)8(4-2)7-10-11/h7,12H,3-6H2,1-2H3.